The Morgan fingerprint density at radius 1 is 1.25 bits per heavy atom. The zero-order valence-electron chi connectivity index (χ0n) is 12.9. The molecule has 1 saturated heterocycles. The van der Waals surface area contributed by atoms with Gasteiger partial charge in [-0.3, -0.25) is 0 Å². The fourth-order valence-electron chi connectivity index (χ4n) is 2.85. The van der Waals surface area contributed by atoms with Crippen molar-refractivity contribution in [2.24, 2.45) is 5.73 Å². The van der Waals surface area contributed by atoms with Crippen molar-refractivity contribution in [2.75, 3.05) is 40.8 Å². The molecule has 0 saturated carbocycles. The maximum absolute atomic E-state index is 6.32. The maximum Gasteiger partial charge on any atom is 0.118 e. The summed E-state index contributed by atoms with van der Waals surface area (Å²) < 4.78 is 5.18. The highest BCUT2D eigenvalue weighted by atomic mass is 16.5. The van der Waals surface area contributed by atoms with E-state index in [2.05, 4.69) is 36.0 Å². The van der Waals surface area contributed by atoms with Crippen LogP contribution in [-0.2, 0) is 0 Å². The molecule has 1 fully saturated rings. The third kappa shape index (κ3) is 3.95. The van der Waals surface area contributed by atoms with Crippen LogP contribution in [-0.4, -0.2) is 56.7 Å². The number of nitrogens with zero attached hydrogens (tertiary/aromatic N) is 2. The van der Waals surface area contributed by atoms with Crippen molar-refractivity contribution in [3.05, 3.63) is 29.8 Å². The lowest BCUT2D eigenvalue weighted by Crippen LogP contribution is -2.44. The fraction of sp³-hybridized carbons (Fsp3) is 0.625. The quantitative estimate of drug-likeness (QED) is 0.890. The number of benzene rings is 1. The normalized spacial score (nSPS) is 19.2. The third-order valence-electron chi connectivity index (χ3n) is 4.29. The minimum atomic E-state index is 0.0804. The molecule has 4 nitrogen and oxygen atoms in total. The molecule has 4 heteroatoms. The lowest BCUT2D eigenvalue weighted by Gasteiger charge is -2.36. The minimum Gasteiger partial charge on any atom is -0.497 e. The summed E-state index contributed by atoms with van der Waals surface area (Å²) in [5.74, 6) is 0.882. The van der Waals surface area contributed by atoms with E-state index in [9.17, 15) is 0 Å². The molecule has 1 aliphatic heterocycles. The Balaban J connectivity index is 1.84. The van der Waals surface area contributed by atoms with Gasteiger partial charge < -0.3 is 20.3 Å². The SMILES string of the molecule is COc1ccc(C(N)CN2CCC(N(C)C)CC2)cc1. The average Bonchev–Trinajstić information content (AvgIpc) is 2.48. The molecule has 0 aromatic heterocycles. The van der Waals surface area contributed by atoms with Gasteiger partial charge >= 0.3 is 0 Å². The van der Waals surface area contributed by atoms with E-state index in [4.69, 9.17) is 10.5 Å². The van der Waals surface area contributed by atoms with Gasteiger partial charge in [0.1, 0.15) is 5.75 Å². The predicted molar refractivity (Wildman–Crippen MR) is 83.1 cm³/mol. The van der Waals surface area contributed by atoms with Crippen LogP contribution in [0, 0.1) is 0 Å². The van der Waals surface area contributed by atoms with Crippen LogP contribution in [0.3, 0.4) is 0 Å². The van der Waals surface area contributed by atoms with Crippen molar-refractivity contribution in [2.45, 2.75) is 24.9 Å². The highest BCUT2D eigenvalue weighted by Gasteiger charge is 2.22. The average molecular weight is 277 g/mol. The molecule has 0 aliphatic carbocycles. The Labute approximate surface area is 122 Å². The summed E-state index contributed by atoms with van der Waals surface area (Å²) in [6, 6.07) is 8.90. The molecule has 20 heavy (non-hydrogen) atoms. The van der Waals surface area contributed by atoms with Crippen molar-refractivity contribution in [1.82, 2.24) is 9.80 Å². The summed E-state index contributed by atoms with van der Waals surface area (Å²) in [5, 5.41) is 0. The highest BCUT2D eigenvalue weighted by Crippen LogP contribution is 2.19. The van der Waals surface area contributed by atoms with Crippen LogP contribution in [0.4, 0.5) is 0 Å². The molecule has 112 valence electrons. The van der Waals surface area contributed by atoms with Crippen LogP contribution >= 0.6 is 0 Å². The van der Waals surface area contributed by atoms with Crippen LogP contribution in [0.1, 0.15) is 24.4 Å². The zero-order chi connectivity index (χ0) is 14.5. The predicted octanol–water partition coefficient (Wildman–Crippen LogP) is 1.72. The van der Waals surface area contributed by atoms with E-state index < -0.39 is 0 Å². The van der Waals surface area contributed by atoms with Gasteiger partial charge in [0, 0.05) is 18.6 Å². The van der Waals surface area contributed by atoms with E-state index in [1.165, 1.54) is 18.4 Å². The highest BCUT2D eigenvalue weighted by molar-refractivity contribution is 5.29. The molecular formula is C16H27N3O. The minimum absolute atomic E-state index is 0.0804. The number of nitrogens with two attached hydrogens (primary N) is 1. The molecule has 1 unspecified atom stereocenters. The smallest absolute Gasteiger partial charge is 0.118 e. The molecule has 0 radical (unpaired) electrons. The van der Waals surface area contributed by atoms with Crippen molar-refractivity contribution in [1.29, 1.82) is 0 Å². The van der Waals surface area contributed by atoms with Crippen LogP contribution in [0.2, 0.25) is 0 Å². The number of likely N-dealkylation sites (tertiary alicyclic amines) is 1. The second kappa shape index (κ2) is 7.07. The van der Waals surface area contributed by atoms with Crippen molar-refractivity contribution in [3.63, 3.8) is 0 Å². The topological polar surface area (TPSA) is 41.7 Å². The number of rotatable bonds is 5. The standard InChI is InChI=1S/C16H27N3O/c1-18(2)14-8-10-19(11-9-14)12-16(17)13-4-6-15(20-3)7-5-13/h4-7,14,16H,8-12,17H2,1-3H3. The van der Waals surface area contributed by atoms with E-state index in [0.29, 0.717) is 0 Å². The van der Waals surface area contributed by atoms with Gasteiger partial charge in [-0.05, 0) is 57.7 Å². The zero-order valence-corrected chi connectivity index (χ0v) is 12.9. The molecule has 1 atom stereocenters. The molecule has 1 aromatic carbocycles. The van der Waals surface area contributed by atoms with E-state index >= 15 is 0 Å². The van der Waals surface area contributed by atoms with Crippen molar-refractivity contribution in [3.8, 4) is 5.75 Å². The number of methoxy groups -OCH3 is 1. The molecule has 0 spiro atoms. The largest absolute Gasteiger partial charge is 0.497 e. The van der Waals surface area contributed by atoms with Gasteiger partial charge in [-0.25, -0.2) is 0 Å². The number of ether oxygens (including phenoxy) is 1. The summed E-state index contributed by atoms with van der Waals surface area (Å²) >= 11 is 0. The fourth-order valence-corrected chi connectivity index (χ4v) is 2.85. The Kier molecular flexibility index (Phi) is 5.40. The molecule has 0 amide bonds. The Morgan fingerprint density at radius 2 is 1.85 bits per heavy atom. The molecule has 1 aliphatic rings. The third-order valence-corrected chi connectivity index (χ3v) is 4.29. The molecular weight excluding hydrogens is 250 g/mol. The molecule has 2 rings (SSSR count). The van der Waals surface area contributed by atoms with Gasteiger partial charge in [-0.2, -0.15) is 0 Å². The van der Waals surface area contributed by atoms with Gasteiger partial charge in [0.05, 0.1) is 7.11 Å². The van der Waals surface area contributed by atoms with Crippen LogP contribution in [0.25, 0.3) is 0 Å². The van der Waals surface area contributed by atoms with E-state index in [1.807, 2.05) is 12.1 Å². The second-order valence-electron chi connectivity index (χ2n) is 5.88. The van der Waals surface area contributed by atoms with Gasteiger partial charge in [-0.1, -0.05) is 12.1 Å². The van der Waals surface area contributed by atoms with Crippen LogP contribution in [0.5, 0.6) is 5.75 Å². The second-order valence-corrected chi connectivity index (χ2v) is 5.88. The lowest BCUT2D eigenvalue weighted by atomic mass is 10.0. The van der Waals surface area contributed by atoms with E-state index in [0.717, 1.165) is 31.4 Å². The number of hydrogen-bond donors (Lipinski definition) is 1. The van der Waals surface area contributed by atoms with Crippen molar-refractivity contribution >= 4 is 0 Å². The van der Waals surface area contributed by atoms with Crippen LogP contribution < -0.4 is 10.5 Å². The first-order chi connectivity index (χ1) is 9.60. The first-order valence-corrected chi connectivity index (χ1v) is 7.38. The first-order valence-electron chi connectivity index (χ1n) is 7.38. The van der Waals surface area contributed by atoms with E-state index in [1.54, 1.807) is 7.11 Å². The van der Waals surface area contributed by atoms with Gasteiger partial charge in [0.2, 0.25) is 0 Å². The molecule has 0 bridgehead atoms. The van der Waals surface area contributed by atoms with Gasteiger partial charge in [0.25, 0.3) is 0 Å². The van der Waals surface area contributed by atoms with Crippen molar-refractivity contribution < 1.29 is 4.74 Å². The lowest BCUT2D eigenvalue weighted by molar-refractivity contribution is 0.139. The number of hydrogen-bond acceptors (Lipinski definition) is 4. The molecule has 1 aromatic rings. The molecule has 2 N–H and O–H groups in total. The Morgan fingerprint density at radius 3 is 2.35 bits per heavy atom. The molecule has 1 heterocycles. The Hall–Kier alpha value is -1.10. The monoisotopic (exact) mass is 277 g/mol. The number of piperidine rings is 1. The summed E-state index contributed by atoms with van der Waals surface area (Å²) in [7, 11) is 6.02. The maximum atomic E-state index is 6.32. The van der Waals surface area contributed by atoms with Gasteiger partial charge in [0.15, 0.2) is 0 Å². The summed E-state index contributed by atoms with van der Waals surface area (Å²) in [5.41, 5.74) is 7.50. The first kappa shape index (κ1) is 15.3. The van der Waals surface area contributed by atoms with Gasteiger partial charge in [-0.15, -0.1) is 0 Å². The summed E-state index contributed by atoms with van der Waals surface area (Å²) in [4.78, 5) is 4.82. The van der Waals surface area contributed by atoms with Crippen LogP contribution in [0.15, 0.2) is 24.3 Å². The summed E-state index contributed by atoms with van der Waals surface area (Å²) in [6.07, 6.45) is 2.48. The Bertz CT molecular complexity index is 397. The van der Waals surface area contributed by atoms with E-state index in [-0.39, 0.29) is 6.04 Å². The summed E-state index contributed by atoms with van der Waals surface area (Å²) in [6.45, 7) is 3.23.